The van der Waals surface area contributed by atoms with Crippen molar-refractivity contribution in [1.29, 1.82) is 5.41 Å². The van der Waals surface area contributed by atoms with Gasteiger partial charge in [0.05, 0.1) is 12.2 Å². The van der Waals surface area contributed by atoms with E-state index in [1.54, 1.807) is 11.9 Å². The molecule has 2 amide bonds. The quantitative estimate of drug-likeness (QED) is 0.835. The number of nitrogens with one attached hydrogen (secondary N) is 1. The van der Waals surface area contributed by atoms with Crippen molar-refractivity contribution in [3.05, 3.63) is 29.8 Å². The Hall–Kier alpha value is -1.84. The molecule has 1 heterocycles. The average molecular weight is 231 g/mol. The Morgan fingerprint density at radius 2 is 1.82 bits per heavy atom. The molecule has 0 atom stereocenters. The van der Waals surface area contributed by atoms with Gasteiger partial charge in [-0.1, -0.05) is 26.0 Å². The first-order valence-electron chi connectivity index (χ1n) is 5.73. The summed E-state index contributed by atoms with van der Waals surface area (Å²) in [7, 11) is 1.71. The van der Waals surface area contributed by atoms with Gasteiger partial charge in [-0.15, -0.1) is 0 Å². The number of anilines is 1. The van der Waals surface area contributed by atoms with Crippen LogP contribution in [0.1, 0.15) is 25.3 Å². The second kappa shape index (κ2) is 4.20. The van der Waals surface area contributed by atoms with Crippen molar-refractivity contribution in [2.24, 2.45) is 0 Å². The van der Waals surface area contributed by atoms with Gasteiger partial charge in [0.25, 0.3) is 0 Å². The normalized spacial score (nSPS) is 16.2. The Bertz CT molecular complexity index is 450. The predicted octanol–water partition coefficient (Wildman–Crippen LogP) is 2.66. The number of likely N-dealkylation sites (N-methyl/N-ethyl adjacent to an activating group) is 1. The maximum absolute atomic E-state index is 11.8. The number of benzene rings is 1. The minimum Gasteiger partial charge on any atom is -0.320 e. The van der Waals surface area contributed by atoms with Crippen molar-refractivity contribution >= 4 is 17.6 Å². The number of hydrogen-bond acceptors (Lipinski definition) is 2. The largest absolute Gasteiger partial charge is 0.330 e. The maximum Gasteiger partial charge on any atom is 0.330 e. The summed E-state index contributed by atoms with van der Waals surface area (Å²) >= 11 is 0. The summed E-state index contributed by atoms with van der Waals surface area (Å²) in [6, 6.07) is 7.70. The highest BCUT2D eigenvalue weighted by Crippen LogP contribution is 2.23. The molecule has 0 aromatic heterocycles. The van der Waals surface area contributed by atoms with Gasteiger partial charge in [-0.05, 0) is 23.6 Å². The number of amidine groups is 1. The van der Waals surface area contributed by atoms with Crippen LogP contribution in [0.25, 0.3) is 0 Å². The van der Waals surface area contributed by atoms with Crippen molar-refractivity contribution in [3.63, 3.8) is 0 Å². The van der Waals surface area contributed by atoms with Gasteiger partial charge < -0.3 is 4.90 Å². The van der Waals surface area contributed by atoms with Gasteiger partial charge in [0, 0.05) is 7.05 Å². The van der Waals surface area contributed by atoms with E-state index in [9.17, 15) is 4.79 Å². The van der Waals surface area contributed by atoms with Gasteiger partial charge in [0.1, 0.15) is 5.84 Å². The summed E-state index contributed by atoms with van der Waals surface area (Å²) in [6.45, 7) is 4.64. The molecule has 0 saturated carbocycles. The van der Waals surface area contributed by atoms with Crippen LogP contribution in [0.4, 0.5) is 10.5 Å². The van der Waals surface area contributed by atoms with E-state index in [0.717, 1.165) is 5.69 Å². The number of rotatable bonds is 2. The van der Waals surface area contributed by atoms with Crippen molar-refractivity contribution in [2.45, 2.75) is 19.8 Å². The lowest BCUT2D eigenvalue weighted by atomic mass is 10.0. The van der Waals surface area contributed by atoms with Gasteiger partial charge in [-0.2, -0.15) is 0 Å². The zero-order valence-corrected chi connectivity index (χ0v) is 10.4. The Kier molecular flexibility index (Phi) is 2.88. The minimum atomic E-state index is -0.132. The van der Waals surface area contributed by atoms with Crippen molar-refractivity contribution in [3.8, 4) is 0 Å². The number of carbonyl (C=O) groups excluding carboxylic acids is 1. The molecule has 0 spiro atoms. The van der Waals surface area contributed by atoms with Crippen LogP contribution in [0.15, 0.2) is 24.3 Å². The fraction of sp³-hybridized carbons (Fsp3) is 0.385. The molecular weight excluding hydrogens is 214 g/mol. The van der Waals surface area contributed by atoms with Crippen LogP contribution in [0.3, 0.4) is 0 Å². The Morgan fingerprint density at radius 1 is 1.24 bits per heavy atom. The van der Waals surface area contributed by atoms with Crippen molar-refractivity contribution in [1.82, 2.24) is 4.90 Å². The SMILES string of the molecule is CC(C)c1ccc(N2C(=N)CN(C)C2=O)cc1. The maximum atomic E-state index is 11.8. The second-order valence-corrected chi connectivity index (χ2v) is 4.67. The molecule has 1 saturated heterocycles. The van der Waals surface area contributed by atoms with E-state index >= 15 is 0 Å². The summed E-state index contributed by atoms with van der Waals surface area (Å²) < 4.78 is 0. The molecule has 2 rings (SSSR count). The molecule has 4 heteroatoms. The van der Waals surface area contributed by atoms with Crippen molar-refractivity contribution in [2.75, 3.05) is 18.5 Å². The molecule has 1 aliphatic rings. The lowest BCUT2D eigenvalue weighted by Gasteiger charge is -2.16. The first-order valence-corrected chi connectivity index (χ1v) is 5.73. The van der Waals surface area contributed by atoms with Crippen LogP contribution >= 0.6 is 0 Å². The number of amides is 2. The molecule has 0 radical (unpaired) electrons. The molecule has 1 aromatic rings. The standard InChI is InChI=1S/C13H17N3O/c1-9(2)10-4-6-11(7-5-10)16-12(14)8-15(3)13(16)17/h4-7,9,14H,8H2,1-3H3. The molecule has 1 aromatic carbocycles. The van der Waals surface area contributed by atoms with Crippen LogP contribution < -0.4 is 4.90 Å². The van der Waals surface area contributed by atoms with Gasteiger partial charge in [0.15, 0.2) is 0 Å². The highest BCUT2D eigenvalue weighted by molar-refractivity contribution is 6.20. The van der Waals surface area contributed by atoms with E-state index in [-0.39, 0.29) is 6.03 Å². The molecular formula is C13H17N3O. The first-order chi connectivity index (χ1) is 8.00. The third-order valence-electron chi connectivity index (χ3n) is 2.99. The lowest BCUT2D eigenvalue weighted by molar-refractivity contribution is 0.229. The van der Waals surface area contributed by atoms with Crippen LogP contribution in [0.5, 0.6) is 0 Å². The number of nitrogens with zero attached hydrogens (tertiary/aromatic N) is 2. The first kappa shape index (κ1) is 11.6. The van der Waals surface area contributed by atoms with E-state index < -0.39 is 0 Å². The second-order valence-electron chi connectivity index (χ2n) is 4.67. The van der Waals surface area contributed by atoms with Crippen LogP contribution in [0, 0.1) is 5.41 Å². The molecule has 1 N–H and O–H groups in total. The molecule has 1 fully saturated rings. The molecule has 17 heavy (non-hydrogen) atoms. The van der Waals surface area contributed by atoms with Crippen LogP contribution in [-0.2, 0) is 0 Å². The Labute approximate surface area is 101 Å². The minimum absolute atomic E-state index is 0.132. The lowest BCUT2D eigenvalue weighted by Crippen LogP contribution is -2.31. The third kappa shape index (κ3) is 2.02. The summed E-state index contributed by atoms with van der Waals surface area (Å²) in [5, 5.41) is 7.81. The number of carbonyl (C=O) groups is 1. The van der Waals surface area contributed by atoms with Gasteiger partial charge in [-0.25, -0.2) is 9.69 Å². The zero-order chi connectivity index (χ0) is 12.6. The van der Waals surface area contributed by atoms with Gasteiger partial charge in [-0.3, -0.25) is 5.41 Å². The Morgan fingerprint density at radius 3 is 2.24 bits per heavy atom. The summed E-state index contributed by atoms with van der Waals surface area (Å²) in [4.78, 5) is 14.8. The fourth-order valence-electron chi connectivity index (χ4n) is 1.92. The van der Waals surface area contributed by atoms with E-state index in [2.05, 4.69) is 13.8 Å². The topological polar surface area (TPSA) is 47.4 Å². The van der Waals surface area contributed by atoms with Crippen molar-refractivity contribution < 1.29 is 4.79 Å². The van der Waals surface area contributed by atoms with Crippen LogP contribution in [0.2, 0.25) is 0 Å². The molecule has 0 bridgehead atoms. The van der Waals surface area contributed by atoms with E-state index in [0.29, 0.717) is 18.3 Å². The summed E-state index contributed by atoms with van der Waals surface area (Å²) in [5.41, 5.74) is 2.01. The van der Waals surface area contributed by atoms with E-state index in [4.69, 9.17) is 5.41 Å². The van der Waals surface area contributed by atoms with E-state index in [1.807, 2.05) is 24.3 Å². The van der Waals surface area contributed by atoms with Gasteiger partial charge >= 0.3 is 6.03 Å². The zero-order valence-electron chi connectivity index (χ0n) is 10.4. The molecule has 90 valence electrons. The highest BCUT2D eigenvalue weighted by Gasteiger charge is 2.31. The third-order valence-corrected chi connectivity index (χ3v) is 2.99. The monoisotopic (exact) mass is 231 g/mol. The van der Waals surface area contributed by atoms with Gasteiger partial charge in [0.2, 0.25) is 0 Å². The number of urea groups is 1. The fourth-order valence-corrected chi connectivity index (χ4v) is 1.92. The van der Waals surface area contributed by atoms with Crippen LogP contribution in [-0.4, -0.2) is 30.4 Å². The Balaban J connectivity index is 2.29. The molecule has 0 unspecified atom stereocenters. The predicted molar refractivity (Wildman–Crippen MR) is 68.8 cm³/mol. The molecule has 0 aliphatic carbocycles. The van der Waals surface area contributed by atoms with E-state index in [1.165, 1.54) is 10.5 Å². The molecule has 1 aliphatic heterocycles. The smallest absolute Gasteiger partial charge is 0.320 e. The molecule has 4 nitrogen and oxygen atoms in total. The summed E-state index contributed by atoms with van der Waals surface area (Å²) in [5.74, 6) is 0.801. The summed E-state index contributed by atoms with van der Waals surface area (Å²) in [6.07, 6.45) is 0. The highest BCUT2D eigenvalue weighted by atomic mass is 16.2. The average Bonchev–Trinajstić information content (AvgIpc) is 2.53. The number of hydrogen-bond donors (Lipinski definition) is 1.